The molecule has 0 aromatic heterocycles. The van der Waals surface area contributed by atoms with Crippen LogP contribution in [0.3, 0.4) is 0 Å². The van der Waals surface area contributed by atoms with E-state index in [9.17, 15) is 14.7 Å². The van der Waals surface area contributed by atoms with Crippen molar-refractivity contribution in [1.82, 2.24) is 4.90 Å². The second-order valence-corrected chi connectivity index (χ2v) is 6.65. The highest BCUT2D eigenvalue weighted by Crippen LogP contribution is 2.30. The Balaban J connectivity index is 1.63. The Morgan fingerprint density at radius 2 is 1.68 bits per heavy atom. The highest BCUT2D eigenvalue weighted by Gasteiger charge is 2.25. The first-order valence-electron chi connectivity index (χ1n) is 8.70. The number of aromatic carboxylic acids is 1. The molecule has 0 bridgehead atoms. The maximum absolute atomic E-state index is 12.6. The monoisotopic (exact) mass is 337 g/mol. The van der Waals surface area contributed by atoms with Crippen LogP contribution < -0.4 is 0 Å². The van der Waals surface area contributed by atoms with Crippen molar-refractivity contribution in [2.75, 3.05) is 13.1 Å². The van der Waals surface area contributed by atoms with E-state index >= 15 is 0 Å². The summed E-state index contributed by atoms with van der Waals surface area (Å²) in [5.41, 5.74) is 3.49. The second kappa shape index (κ2) is 7.51. The second-order valence-electron chi connectivity index (χ2n) is 6.65. The molecule has 4 nitrogen and oxygen atoms in total. The summed E-state index contributed by atoms with van der Waals surface area (Å²) in [4.78, 5) is 25.7. The number of hydrogen-bond donors (Lipinski definition) is 1. The van der Waals surface area contributed by atoms with E-state index in [-0.39, 0.29) is 17.9 Å². The topological polar surface area (TPSA) is 57.6 Å². The number of rotatable bonds is 4. The van der Waals surface area contributed by atoms with Gasteiger partial charge in [0.1, 0.15) is 0 Å². The molecule has 4 heteroatoms. The average molecular weight is 337 g/mol. The van der Waals surface area contributed by atoms with Crippen molar-refractivity contribution in [3.8, 4) is 0 Å². The predicted molar refractivity (Wildman–Crippen MR) is 96.8 cm³/mol. The van der Waals surface area contributed by atoms with Crippen molar-refractivity contribution in [2.45, 2.75) is 32.1 Å². The standard InChI is InChI=1S/C21H23NO3/c1-15-6-2-4-8-18(15)16-10-12-22(13-11-16)20(23)14-17-7-3-5-9-19(17)21(24)25/h2-9,16H,10-14H2,1H3,(H,24,25). The van der Waals surface area contributed by atoms with Gasteiger partial charge in [0.25, 0.3) is 0 Å². The van der Waals surface area contributed by atoms with Crippen LogP contribution in [0.2, 0.25) is 0 Å². The molecule has 0 unspecified atom stereocenters. The van der Waals surface area contributed by atoms with E-state index < -0.39 is 5.97 Å². The first kappa shape index (κ1) is 17.2. The Labute approximate surface area is 148 Å². The molecule has 0 radical (unpaired) electrons. The number of carboxylic acid groups (broad SMARTS) is 1. The van der Waals surface area contributed by atoms with E-state index in [4.69, 9.17) is 0 Å². The molecule has 1 fully saturated rings. The van der Waals surface area contributed by atoms with Gasteiger partial charge in [0, 0.05) is 13.1 Å². The fourth-order valence-corrected chi connectivity index (χ4v) is 3.64. The zero-order valence-electron chi connectivity index (χ0n) is 14.4. The first-order chi connectivity index (χ1) is 12.1. The zero-order valence-corrected chi connectivity index (χ0v) is 14.4. The van der Waals surface area contributed by atoms with E-state index in [1.54, 1.807) is 24.3 Å². The molecule has 1 amide bonds. The van der Waals surface area contributed by atoms with Crippen LogP contribution in [0, 0.1) is 6.92 Å². The lowest BCUT2D eigenvalue weighted by Gasteiger charge is -2.33. The molecule has 130 valence electrons. The Hall–Kier alpha value is -2.62. The lowest BCUT2D eigenvalue weighted by atomic mass is 9.87. The number of benzene rings is 2. The average Bonchev–Trinajstić information content (AvgIpc) is 2.62. The number of nitrogens with zero attached hydrogens (tertiary/aromatic N) is 1. The molecular weight excluding hydrogens is 314 g/mol. The van der Waals surface area contributed by atoms with Crippen molar-refractivity contribution in [2.24, 2.45) is 0 Å². The quantitative estimate of drug-likeness (QED) is 0.926. The third-order valence-electron chi connectivity index (χ3n) is 5.07. The van der Waals surface area contributed by atoms with Crippen LogP contribution in [0.5, 0.6) is 0 Å². The van der Waals surface area contributed by atoms with Gasteiger partial charge in [0.2, 0.25) is 5.91 Å². The number of carboxylic acids is 1. The summed E-state index contributed by atoms with van der Waals surface area (Å²) >= 11 is 0. The Kier molecular flexibility index (Phi) is 5.17. The maximum atomic E-state index is 12.6. The van der Waals surface area contributed by atoms with Crippen molar-refractivity contribution in [1.29, 1.82) is 0 Å². The number of hydrogen-bond acceptors (Lipinski definition) is 2. The van der Waals surface area contributed by atoms with E-state index in [1.807, 2.05) is 4.90 Å². The summed E-state index contributed by atoms with van der Waals surface area (Å²) < 4.78 is 0. The SMILES string of the molecule is Cc1ccccc1C1CCN(C(=O)Cc2ccccc2C(=O)O)CC1. The molecular formula is C21H23NO3. The number of likely N-dealkylation sites (tertiary alicyclic amines) is 1. The van der Waals surface area contributed by atoms with Crippen molar-refractivity contribution in [3.05, 3.63) is 70.8 Å². The number of amides is 1. The third-order valence-corrected chi connectivity index (χ3v) is 5.07. The van der Waals surface area contributed by atoms with Crippen LogP contribution in [0.15, 0.2) is 48.5 Å². The van der Waals surface area contributed by atoms with Gasteiger partial charge in [-0.3, -0.25) is 4.79 Å². The predicted octanol–water partition coefficient (Wildman–Crippen LogP) is 3.64. The van der Waals surface area contributed by atoms with Gasteiger partial charge in [-0.2, -0.15) is 0 Å². The summed E-state index contributed by atoms with van der Waals surface area (Å²) in [6.07, 6.45) is 2.06. The molecule has 0 atom stereocenters. The molecule has 0 aliphatic carbocycles. The van der Waals surface area contributed by atoms with Gasteiger partial charge in [0.05, 0.1) is 12.0 Å². The molecule has 2 aromatic carbocycles. The number of piperidine rings is 1. The molecule has 1 aliphatic heterocycles. The van der Waals surface area contributed by atoms with E-state index in [0.717, 1.165) is 25.9 Å². The van der Waals surface area contributed by atoms with E-state index in [2.05, 4.69) is 31.2 Å². The molecule has 0 spiro atoms. The van der Waals surface area contributed by atoms with Crippen LogP contribution in [0.25, 0.3) is 0 Å². The summed E-state index contributed by atoms with van der Waals surface area (Å²) in [7, 11) is 0. The molecule has 1 saturated heterocycles. The number of carbonyl (C=O) groups is 2. The molecule has 1 aliphatic rings. The number of aryl methyl sites for hydroxylation is 1. The third kappa shape index (κ3) is 3.90. The number of carbonyl (C=O) groups excluding carboxylic acids is 1. The van der Waals surface area contributed by atoms with Gasteiger partial charge in [-0.25, -0.2) is 4.79 Å². The largest absolute Gasteiger partial charge is 0.478 e. The van der Waals surface area contributed by atoms with Gasteiger partial charge in [-0.1, -0.05) is 42.5 Å². The van der Waals surface area contributed by atoms with Gasteiger partial charge in [-0.15, -0.1) is 0 Å². The van der Waals surface area contributed by atoms with Crippen LogP contribution in [-0.4, -0.2) is 35.0 Å². The minimum Gasteiger partial charge on any atom is -0.478 e. The maximum Gasteiger partial charge on any atom is 0.335 e. The lowest BCUT2D eigenvalue weighted by molar-refractivity contribution is -0.131. The fourth-order valence-electron chi connectivity index (χ4n) is 3.64. The normalized spacial score (nSPS) is 15.2. The molecule has 1 N–H and O–H groups in total. The van der Waals surface area contributed by atoms with Gasteiger partial charge >= 0.3 is 5.97 Å². The molecule has 25 heavy (non-hydrogen) atoms. The van der Waals surface area contributed by atoms with Crippen LogP contribution in [-0.2, 0) is 11.2 Å². The van der Waals surface area contributed by atoms with E-state index in [1.165, 1.54) is 11.1 Å². The Morgan fingerprint density at radius 1 is 1.04 bits per heavy atom. The zero-order chi connectivity index (χ0) is 17.8. The molecule has 1 heterocycles. The lowest BCUT2D eigenvalue weighted by Crippen LogP contribution is -2.39. The molecule has 2 aromatic rings. The van der Waals surface area contributed by atoms with Crippen LogP contribution in [0.4, 0.5) is 0 Å². The summed E-state index contributed by atoms with van der Waals surface area (Å²) in [5, 5.41) is 9.25. The van der Waals surface area contributed by atoms with Gasteiger partial charge in [-0.05, 0) is 48.4 Å². The minimum atomic E-state index is -0.985. The van der Waals surface area contributed by atoms with Crippen molar-refractivity contribution in [3.63, 3.8) is 0 Å². The highest BCUT2D eigenvalue weighted by molar-refractivity contribution is 5.91. The van der Waals surface area contributed by atoms with Crippen LogP contribution >= 0.6 is 0 Å². The summed E-state index contributed by atoms with van der Waals surface area (Å²) in [5.74, 6) is -0.477. The fraction of sp³-hybridized carbons (Fsp3) is 0.333. The summed E-state index contributed by atoms with van der Waals surface area (Å²) in [6.45, 7) is 3.59. The van der Waals surface area contributed by atoms with Gasteiger partial charge < -0.3 is 10.0 Å². The minimum absolute atomic E-state index is 0.0110. The van der Waals surface area contributed by atoms with Crippen LogP contribution in [0.1, 0.15) is 45.8 Å². The van der Waals surface area contributed by atoms with E-state index in [0.29, 0.717) is 11.5 Å². The van der Waals surface area contributed by atoms with Crippen molar-refractivity contribution < 1.29 is 14.7 Å². The smallest absolute Gasteiger partial charge is 0.335 e. The summed E-state index contributed by atoms with van der Waals surface area (Å²) in [6, 6.07) is 15.2. The molecule has 0 saturated carbocycles. The first-order valence-corrected chi connectivity index (χ1v) is 8.70. The molecule has 3 rings (SSSR count). The van der Waals surface area contributed by atoms with Crippen molar-refractivity contribution >= 4 is 11.9 Å². The van der Waals surface area contributed by atoms with Gasteiger partial charge in [0.15, 0.2) is 0 Å². The Morgan fingerprint density at radius 3 is 2.36 bits per heavy atom. The highest BCUT2D eigenvalue weighted by atomic mass is 16.4. The Bertz CT molecular complexity index is 776.